The highest BCUT2D eigenvalue weighted by atomic mass is 16.6. The molecule has 8 amide bonds. The van der Waals surface area contributed by atoms with Gasteiger partial charge in [0.1, 0.15) is 30.2 Å². The minimum Gasteiger partial charge on any atom is -0.445 e. The van der Waals surface area contributed by atoms with E-state index >= 15 is 0 Å². The molecular formula is C72H106N8O20. The fourth-order valence-corrected chi connectivity index (χ4v) is 16.7. The maximum Gasteiger partial charge on any atom is 0.407 e. The number of imide groups is 1. The Morgan fingerprint density at radius 3 is 2.20 bits per heavy atom. The number of ether oxygens (including phenoxy) is 11. The lowest BCUT2D eigenvalue weighted by Gasteiger charge is -2.53. The summed E-state index contributed by atoms with van der Waals surface area (Å²) in [5.41, 5.74) is 14.5. The molecule has 100 heavy (non-hydrogen) atoms. The van der Waals surface area contributed by atoms with Crippen LogP contribution in [0.15, 0.2) is 60.7 Å². The molecule has 8 saturated heterocycles. The van der Waals surface area contributed by atoms with Gasteiger partial charge in [0, 0.05) is 103 Å². The van der Waals surface area contributed by atoms with Crippen LogP contribution in [0.2, 0.25) is 0 Å². The van der Waals surface area contributed by atoms with Gasteiger partial charge in [0.15, 0.2) is 0 Å². The molecule has 0 aromatic heterocycles. The number of fused-ring (bicyclic) bond motifs is 7. The van der Waals surface area contributed by atoms with Crippen LogP contribution >= 0.6 is 0 Å². The molecular weight excluding hydrogens is 1300 g/mol. The molecule has 21 atom stereocenters. The molecule has 9 heterocycles. The number of aliphatic hydroxyl groups is 1. The number of Topliss-reactive ketones (excluding diaryl/α,β-unsaturated/α-hetero) is 1. The Labute approximate surface area is 585 Å². The first kappa shape index (κ1) is 76.4. The molecule has 1 aromatic carbocycles. The van der Waals surface area contributed by atoms with Crippen molar-refractivity contribution in [2.45, 2.75) is 227 Å². The number of aliphatic hydroxyl groups excluding tert-OH is 1. The Morgan fingerprint density at radius 1 is 0.750 bits per heavy atom. The molecule has 11 bridgehead atoms. The second kappa shape index (κ2) is 35.3. The topological polar surface area (TPSA) is 374 Å². The van der Waals surface area contributed by atoms with Crippen molar-refractivity contribution < 1.29 is 95.6 Å². The number of hydrogen-bond acceptors (Lipinski definition) is 21. The van der Waals surface area contributed by atoms with Gasteiger partial charge in [-0.1, -0.05) is 39.1 Å². The monoisotopic (exact) mass is 1400 g/mol. The number of benzene rings is 1. The molecule has 9 fully saturated rings. The number of rotatable bonds is 28. The van der Waals surface area contributed by atoms with E-state index in [0.29, 0.717) is 36.9 Å². The van der Waals surface area contributed by atoms with Gasteiger partial charge < -0.3 is 95.3 Å². The van der Waals surface area contributed by atoms with Crippen LogP contribution in [0.4, 0.5) is 15.3 Å². The van der Waals surface area contributed by atoms with Crippen molar-refractivity contribution in [2.75, 3.05) is 72.7 Å². The van der Waals surface area contributed by atoms with Crippen molar-refractivity contribution in [3.63, 3.8) is 0 Å². The van der Waals surface area contributed by atoms with Gasteiger partial charge in [0.05, 0.1) is 112 Å². The van der Waals surface area contributed by atoms with Gasteiger partial charge in [-0.05, 0) is 123 Å². The first-order valence-electron chi connectivity index (χ1n) is 35.9. The van der Waals surface area contributed by atoms with E-state index in [2.05, 4.69) is 33.2 Å². The van der Waals surface area contributed by atoms with Crippen molar-refractivity contribution in [1.82, 2.24) is 26.2 Å². The molecule has 11 rings (SSSR count). The number of nitrogens with one attached hydrogen (secondary N) is 5. The predicted molar refractivity (Wildman–Crippen MR) is 361 cm³/mol. The van der Waals surface area contributed by atoms with Crippen molar-refractivity contribution in [3.8, 4) is 0 Å². The standard InChI is InChI=1S/C72H106N8O20/c1-39(2)65(79-62(83)20-23-93-25-26-94-24-22-80-63(84)18-19-64(80)85)69(87)78-54(9-8-21-75-70(73)88)68(86)77-45-13-10-42(11-14-45)38-95-71(89)76-37-47(82)32-60-67(92-7)53-31-46(81)30-49-15-12-44-28-43(29-61(91-6)72(44,74)100-49)66-59(90-5)36-57(99-66)52-34-50-27-40(3)55(97-50)17-16-48-33-51(52)41(4)56(96-48)35-58(53)98-60/h10-11,13-14,18-19,39,43-44,47-61,65-67,82H,3-4,8-9,12,15-17,20-38,74H2,1-2,5-7H3,(H,76,89)(H,77,86)(H,78,87)(H,79,83)(H3,73,75,88)/t43?,44-,47+,48+,49-,50-,51-,52?,53+,54+,55+,56-,57+,58+,59-,60-,61-,65?,66?,67-,72+/m1/s1. The number of hydrogen-bond donors (Lipinski definition) is 8. The van der Waals surface area contributed by atoms with E-state index in [9.17, 15) is 43.5 Å². The van der Waals surface area contributed by atoms with Crippen LogP contribution in [-0.2, 0) is 87.5 Å². The summed E-state index contributed by atoms with van der Waals surface area (Å²) in [6, 6.07) is 3.60. The van der Waals surface area contributed by atoms with E-state index in [-0.39, 0.29) is 163 Å². The fraction of sp³-hybridized carbons (Fsp3) is 0.722. The summed E-state index contributed by atoms with van der Waals surface area (Å²) in [5.74, 6) is -3.18. The van der Waals surface area contributed by atoms with Crippen molar-refractivity contribution in [1.29, 1.82) is 0 Å². The van der Waals surface area contributed by atoms with Gasteiger partial charge in [0.25, 0.3) is 11.8 Å². The first-order chi connectivity index (χ1) is 48.0. The van der Waals surface area contributed by atoms with Crippen LogP contribution < -0.4 is 38.1 Å². The average Bonchev–Trinajstić information content (AvgIpc) is 1.19. The van der Waals surface area contributed by atoms with E-state index in [0.717, 1.165) is 61.0 Å². The smallest absolute Gasteiger partial charge is 0.407 e. The average molecular weight is 1400 g/mol. The molecule has 554 valence electrons. The lowest BCUT2D eigenvalue weighted by atomic mass is 9.68. The number of methoxy groups -OCH3 is 3. The number of carbonyl (C=O) groups is 8. The molecule has 1 aromatic rings. The predicted octanol–water partition coefficient (Wildman–Crippen LogP) is 4.07. The Balaban J connectivity index is 0.733. The molecule has 1 saturated carbocycles. The van der Waals surface area contributed by atoms with E-state index in [1.165, 1.54) is 12.2 Å². The minimum atomic E-state index is -1.12. The fourth-order valence-electron chi connectivity index (χ4n) is 16.7. The van der Waals surface area contributed by atoms with Crippen LogP contribution in [0.1, 0.15) is 129 Å². The van der Waals surface area contributed by atoms with Crippen molar-refractivity contribution in [2.24, 2.45) is 47.0 Å². The molecule has 28 heteroatoms. The summed E-state index contributed by atoms with van der Waals surface area (Å²) >= 11 is 0. The van der Waals surface area contributed by atoms with E-state index < -0.39 is 108 Å². The van der Waals surface area contributed by atoms with Crippen molar-refractivity contribution in [3.05, 3.63) is 66.3 Å². The number of primary amides is 1. The number of ketones is 1. The molecule has 9 aliphatic heterocycles. The summed E-state index contributed by atoms with van der Waals surface area (Å²) in [6.45, 7) is 13.1. The zero-order valence-corrected chi connectivity index (χ0v) is 58.5. The van der Waals surface area contributed by atoms with E-state index in [1.807, 2.05) is 0 Å². The molecule has 10 N–H and O–H groups in total. The number of carbonyl (C=O) groups excluding carboxylic acids is 8. The third-order valence-electron chi connectivity index (χ3n) is 21.9. The number of anilines is 1. The normalized spacial score (nSPS) is 33.5. The van der Waals surface area contributed by atoms with Gasteiger partial charge in [-0.25, -0.2) is 9.59 Å². The van der Waals surface area contributed by atoms with Crippen LogP contribution in [0.5, 0.6) is 0 Å². The van der Waals surface area contributed by atoms with Crippen LogP contribution in [0.3, 0.4) is 0 Å². The third-order valence-corrected chi connectivity index (χ3v) is 21.9. The Bertz CT molecular complexity index is 3060. The summed E-state index contributed by atoms with van der Waals surface area (Å²) in [6.07, 6.45) is 5.04. The van der Waals surface area contributed by atoms with Gasteiger partial charge in [0.2, 0.25) is 17.7 Å². The quantitative estimate of drug-likeness (QED) is 0.0333. The highest BCUT2D eigenvalue weighted by Gasteiger charge is 2.58. The number of nitrogens with two attached hydrogens (primary N) is 2. The Kier molecular flexibility index (Phi) is 26.9. The molecule has 1 aliphatic carbocycles. The lowest BCUT2D eigenvalue weighted by molar-refractivity contribution is -0.245. The highest BCUT2D eigenvalue weighted by molar-refractivity contribution is 6.12. The molecule has 0 radical (unpaired) electrons. The first-order valence-corrected chi connectivity index (χ1v) is 35.9. The maximum absolute atomic E-state index is 14.6. The molecule has 10 aliphatic rings. The minimum absolute atomic E-state index is 0.0162. The van der Waals surface area contributed by atoms with Crippen LogP contribution in [-0.4, -0.2) is 222 Å². The van der Waals surface area contributed by atoms with Gasteiger partial charge in [-0.2, -0.15) is 0 Å². The van der Waals surface area contributed by atoms with E-state index in [4.69, 9.17) is 70.2 Å². The molecule has 4 unspecified atom stereocenters. The molecule has 0 spiro atoms. The maximum atomic E-state index is 14.6. The number of urea groups is 1. The highest BCUT2D eigenvalue weighted by Crippen LogP contribution is 2.53. The lowest BCUT2D eigenvalue weighted by Crippen LogP contribution is -2.66. The second-order valence-electron chi connectivity index (χ2n) is 28.9. The van der Waals surface area contributed by atoms with Crippen molar-refractivity contribution >= 4 is 53.1 Å². The summed E-state index contributed by atoms with van der Waals surface area (Å²) in [7, 11) is 5.04. The van der Waals surface area contributed by atoms with Crippen LogP contribution in [0, 0.1) is 35.5 Å². The van der Waals surface area contributed by atoms with Crippen LogP contribution in [0.25, 0.3) is 0 Å². The summed E-state index contributed by atoms with van der Waals surface area (Å²) in [4.78, 5) is 104. The van der Waals surface area contributed by atoms with Gasteiger partial charge >= 0.3 is 12.1 Å². The largest absolute Gasteiger partial charge is 0.445 e. The Hall–Kier alpha value is -6.28. The molecule has 28 nitrogen and oxygen atoms in total. The Morgan fingerprint density at radius 2 is 1.48 bits per heavy atom. The second-order valence-corrected chi connectivity index (χ2v) is 28.9. The SMILES string of the molecule is C=C1C[C@@H]2CC3[C@@H]4C[C@@H](OC)C(O4)C4C[C@H]5CC[C@H](CC(=O)C[C@@H]6[C@@H](OC)[C@@H](C[C@H](O)CNC(=O)OCc7ccc(NC(=O)[C@H](CCCNC(N)=O)NC(=O)C(NC(=O)CCOCCOCCN8C(=O)C=CC8=O)C(C)C)cc7)O[C@H]6C[C@H]6O[C@@H](CC[C@@H]1O2)C[C@@H]3C6=C)O[C@]5(N)[C@H](OC)C4. The van der Waals surface area contributed by atoms with E-state index in [1.54, 1.807) is 59.4 Å². The van der Waals surface area contributed by atoms with Gasteiger partial charge in [-0.15, -0.1) is 0 Å². The number of alkyl carbamates (subject to hydrolysis) is 1. The number of amides is 8. The third kappa shape index (κ3) is 19.3. The number of nitrogens with zero attached hydrogens (tertiary/aromatic N) is 1. The summed E-state index contributed by atoms with van der Waals surface area (Å²) < 4.78 is 70.3. The summed E-state index contributed by atoms with van der Waals surface area (Å²) in [5, 5.41) is 25.1. The zero-order valence-electron chi connectivity index (χ0n) is 58.5. The van der Waals surface area contributed by atoms with Gasteiger partial charge in [-0.3, -0.25) is 33.7 Å². The zero-order chi connectivity index (χ0) is 71.4.